The van der Waals surface area contributed by atoms with Crippen molar-refractivity contribution < 1.29 is 14.3 Å². The minimum Gasteiger partial charge on any atom is -0.452 e. The second-order valence-electron chi connectivity index (χ2n) is 6.68. The van der Waals surface area contributed by atoms with E-state index < -0.39 is 5.97 Å². The van der Waals surface area contributed by atoms with Gasteiger partial charge in [0.15, 0.2) is 6.61 Å². The Hall–Kier alpha value is -2.30. The van der Waals surface area contributed by atoms with Crippen LogP contribution >= 0.6 is 0 Å². The molecule has 128 valence electrons. The van der Waals surface area contributed by atoms with Gasteiger partial charge in [0.1, 0.15) is 0 Å². The van der Waals surface area contributed by atoms with Gasteiger partial charge in [-0.2, -0.15) is 0 Å². The minimum atomic E-state index is -0.460. The topological polar surface area (TPSA) is 60.3 Å². The molecule has 1 saturated carbocycles. The van der Waals surface area contributed by atoms with Crippen molar-refractivity contribution in [1.82, 2.24) is 9.88 Å². The number of aromatic nitrogens is 1. The van der Waals surface area contributed by atoms with Gasteiger partial charge in [0.2, 0.25) is 0 Å². The van der Waals surface area contributed by atoms with E-state index in [0.717, 1.165) is 30.2 Å². The molecule has 1 aliphatic rings. The Morgan fingerprint density at radius 2 is 2.00 bits per heavy atom. The number of amides is 1. The molecule has 5 heteroatoms. The molecule has 2 aromatic rings. The lowest BCUT2D eigenvalue weighted by Gasteiger charge is -2.29. The van der Waals surface area contributed by atoms with Gasteiger partial charge in [-0.15, -0.1) is 0 Å². The first-order valence-corrected chi connectivity index (χ1v) is 8.57. The van der Waals surface area contributed by atoms with E-state index in [1.54, 1.807) is 6.20 Å². The monoisotopic (exact) mass is 328 g/mol. The molecular formula is C19H24N2O3. The molecule has 1 aromatic carbocycles. The van der Waals surface area contributed by atoms with Crippen LogP contribution in [0.2, 0.25) is 0 Å². The third-order valence-electron chi connectivity index (χ3n) is 4.91. The maximum Gasteiger partial charge on any atom is 0.340 e. The van der Waals surface area contributed by atoms with Gasteiger partial charge in [-0.25, -0.2) is 4.79 Å². The van der Waals surface area contributed by atoms with Crippen LogP contribution < -0.4 is 5.32 Å². The molecule has 1 fully saturated rings. The zero-order valence-corrected chi connectivity index (χ0v) is 14.2. The van der Waals surface area contributed by atoms with Crippen molar-refractivity contribution in [2.45, 2.75) is 38.6 Å². The molecule has 1 aliphatic carbocycles. The number of carbonyl (C=O) groups excluding carboxylic acids is 2. The Kier molecular flexibility index (Phi) is 4.88. The number of ether oxygens (including phenoxy) is 1. The maximum absolute atomic E-state index is 12.3. The maximum atomic E-state index is 12.3. The van der Waals surface area contributed by atoms with Crippen molar-refractivity contribution in [3.63, 3.8) is 0 Å². The number of nitrogens with one attached hydrogen (secondary N) is 1. The summed E-state index contributed by atoms with van der Waals surface area (Å²) in [6.07, 6.45) is 6.26. The fourth-order valence-electron chi connectivity index (χ4n) is 3.49. The van der Waals surface area contributed by atoms with Crippen molar-refractivity contribution >= 4 is 22.8 Å². The average molecular weight is 328 g/mol. The van der Waals surface area contributed by atoms with Crippen molar-refractivity contribution in [1.29, 1.82) is 0 Å². The van der Waals surface area contributed by atoms with Crippen LogP contribution in [0.3, 0.4) is 0 Å². The SMILES string of the molecule is CC1CCCCC1NC(=O)COC(=O)c1cn(C)c2ccccc12. The third-order valence-corrected chi connectivity index (χ3v) is 4.91. The summed E-state index contributed by atoms with van der Waals surface area (Å²) >= 11 is 0. The van der Waals surface area contributed by atoms with E-state index in [0.29, 0.717) is 11.5 Å². The largest absolute Gasteiger partial charge is 0.452 e. The van der Waals surface area contributed by atoms with Gasteiger partial charge in [0.25, 0.3) is 5.91 Å². The molecule has 2 atom stereocenters. The second-order valence-corrected chi connectivity index (χ2v) is 6.68. The molecule has 0 aliphatic heterocycles. The van der Waals surface area contributed by atoms with Crippen LogP contribution in [0.25, 0.3) is 10.9 Å². The van der Waals surface area contributed by atoms with Crippen LogP contribution in [-0.4, -0.2) is 29.1 Å². The van der Waals surface area contributed by atoms with E-state index >= 15 is 0 Å². The number of hydrogen-bond acceptors (Lipinski definition) is 3. The van der Waals surface area contributed by atoms with Crippen molar-refractivity contribution in [3.8, 4) is 0 Å². The summed E-state index contributed by atoms with van der Waals surface area (Å²) in [5.41, 5.74) is 1.46. The minimum absolute atomic E-state index is 0.197. The van der Waals surface area contributed by atoms with Gasteiger partial charge < -0.3 is 14.6 Å². The molecule has 1 heterocycles. The average Bonchev–Trinajstić information content (AvgIpc) is 2.92. The van der Waals surface area contributed by atoms with Crippen LogP contribution in [0, 0.1) is 5.92 Å². The van der Waals surface area contributed by atoms with Gasteiger partial charge in [0.05, 0.1) is 5.56 Å². The highest BCUT2D eigenvalue weighted by atomic mass is 16.5. The number of esters is 1. The summed E-state index contributed by atoms with van der Waals surface area (Å²) < 4.78 is 7.11. The summed E-state index contributed by atoms with van der Waals surface area (Å²) in [6, 6.07) is 7.84. The number of rotatable bonds is 4. The molecule has 24 heavy (non-hydrogen) atoms. The van der Waals surface area contributed by atoms with Crippen molar-refractivity contribution in [2.75, 3.05) is 6.61 Å². The van der Waals surface area contributed by atoms with Crippen molar-refractivity contribution in [2.24, 2.45) is 13.0 Å². The fraction of sp³-hybridized carbons (Fsp3) is 0.474. The normalized spacial score (nSPS) is 20.8. The van der Waals surface area contributed by atoms with Crippen LogP contribution in [-0.2, 0) is 16.6 Å². The summed E-state index contributed by atoms with van der Waals surface area (Å²) in [5, 5.41) is 3.84. The van der Waals surface area contributed by atoms with E-state index in [1.165, 1.54) is 6.42 Å². The zero-order valence-electron chi connectivity index (χ0n) is 14.2. The number of benzene rings is 1. The van der Waals surface area contributed by atoms with Crippen LogP contribution in [0.1, 0.15) is 43.0 Å². The first kappa shape index (κ1) is 16.6. The number of aryl methyl sites for hydroxylation is 1. The lowest BCUT2D eigenvalue weighted by molar-refractivity contribution is -0.125. The molecule has 0 radical (unpaired) electrons. The molecule has 1 N–H and O–H groups in total. The van der Waals surface area contributed by atoms with E-state index in [4.69, 9.17) is 4.74 Å². The van der Waals surface area contributed by atoms with E-state index in [2.05, 4.69) is 12.2 Å². The molecule has 0 saturated heterocycles. The fourth-order valence-corrected chi connectivity index (χ4v) is 3.49. The molecular weight excluding hydrogens is 304 g/mol. The number of carbonyl (C=O) groups is 2. The lowest BCUT2D eigenvalue weighted by atomic mass is 9.86. The van der Waals surface area contributed by atoms with E-state index in [-0.39, 0.29) is 18.6 Å². The Bertz CT molecular complexity index is 750. The molecule has 2 unspecified atom stereocenters. The van der Waals surface area contributed by atoms with Crippen molar-refractivity contribution in [3.05, 3.63) is 36.0 Å². The third kappa shape index (κ3) is 3.45. The summed E-state index contributed by atoms with van der Waals surface area (Å²) in [7, 11) is 1.89. The molecule has 1 aromatic heterocycles. The molecule has 0 bridgehead atoms. The number of nitrogens with zero attached hydrogens (tertiary/aromatic N) is 1. The predicted molar refractivity (Wildman–Crippen MR) is 92.8 cm³/mol. The summed E-state index contributed by atoms with van der Waals surface area (Å²) in [4.78, 5) is 24.4. The van der Waals surface area contributed by atoms with Gasteiger partial charge in [-0.1, -0.05) is 38.0 Å². The van der Waals surface area contributed by atoms with E-state index in [1.807, 2.05) is 35.9 Å². The quantitative estimate of drug-likeness (QED) is 0.878. The summed E-state index contributed by atoms with van der Waals surface area (Å²) in [5.74, 6) is -0.197. The highest BCUT2D eigenvalue weighted by molar-refractivity contribution is 6.04. The Balaban J connectivity index is 1.59. The smallest absolute Gasteiger partial charge is 0.340 e. The zero-order chi connectivity index (χ0) is 17.1. The number of hydrogen-bond donors (Lipinski definition) is 1. The summed E-state index contributed by atoms with van der Waals surface area (Å²) in [6.45, 7) is 1.93. The van der Waals surface area contributed by atoms with E-state index in [9.17, 15) is 9.59 Å². The van der Waals surface area contributed by atoms with Crippen LogP contribution in [0.15, 0.2) is 30.5 Å². The Morgan fingerprint density at radius 3 is 2.79 bits per heavy atom. The lowest BCUT2D eigenvalue weighted by Crippen LogP contribution is -2.42. The highest BCUT2D eigenvalue weighted by Crippen LogP contribution is 2.24. The highest BCUT2D eigenvalue weighted by Gasteiger charge is 2.23. The van der Waals surface area contributed by atoms with Crippen LogP contribution in [0.5, 0.6) is 0 Å². The molecule has 5 nitrogen and oxygen atoms in total. The van der Waals surface area contributed by atoms with Gasteiger partial charge in [-0.05, 0) is 24.8 Å². The molecule has 3 rings (SSSR count). The number of fused-ring (bicyclic) bond motifs is 1. The second kappa shape index (κ2) is 7.07. The standard InChI is InChI=1S/C19H24N2O3/c1-13-7-3-5-9-16(13)20-18(22)12-24-19(23)15-11-21(2)17-10-6-4-8-14(15)17/h4,6,8,10-11,13,16H,3,5,7,9,12H2,1-2H3,(H,20,22). The predicted octanol–water partition coefficient (Wildman–Crippen LogP) is 3.03. The first-order chi connectivity index (χ1) is 11.6. The Morgan fingerprint density at radius 1 is 1.25 bits per heavy atom. The first-order valence-electron chi connectivity index (χ1n) is 8.57. The van der Waals surface area contributed by atoms with Gasteiger partial charge >= 0.3 is 5.97 Å². The molecule has 0 spiro atoms. The van der Waals surface area contributed by atoms with Gasteiger partial charge in [-0.3, -0.25) is 4.79 Å². The number of para-hydroxylation sites is 1. The van der Waals surface area contributed by atoms with Gasteiger partial charge in [0, 0.05) is 30.2 Å². The molecule has 1 amide bonds. The Labute approximate surface area is 142 Å². The van der Waals surface area contributed by atoms with Crippen LogP contribution in [0.4, 0.5) is 0 Å².